The van der Waals surface area contributed by atoms with Crippen molar-refractivity contribution in [1.29, 1.82) is 0 Å². The molecule has 1 heterocycles. The first-order chi connectivity index (χ1) is 5.06. The minimum Gasteiger partial charge on any atom is -0.347 e. The van der Waals surface area contributed by atoms with Crippen LogP contribution in [0.2, 0.25) is 0 Å². The third kappa shape index (κ3) is 1.67. The maximum absolute atomic E-state index is 12.8. The Balaban J connectivity index is 2.55. The van der Waals surface area contributed by atoms with Gasteiger partial charge in [-0.3, -0.25) is 4.79 Å². The van der Waals surface area contributed by atoms with E-state index in [4.69, 9.17) is 0 Å². The normalized spacial score (nSPS) is 25.4. The van der Waals surface area contributed by atoms with Crippen LogP contribution in [0.4, 0.5) is 8.78 Å². The van der Waals surface area contributed by atoms with Crippen LogP contribution in [-0.4, -0.2) is 17.9 Å². The van der Waals surface area contributed by atoms with Crippen molar-refractivity contribution in [1.82, 2.24) is 5.32 Å². The van der Waals surface area contributed by atoms with Crippen molar-refractivity contribution in [3.05, 3.63) is 0 Å². The van der Waals surface area contributed by atoms with Crippen molar-refractivity contribution in [2.75, 3.05) is 0 Å². The molecule has 1 aliphatic rings. The average molecular weight is 163 g/mol. The highest BCUT2D eigenvalue weighted by Crippen LogP contribution is 2.28. The van der Waals surface area contributed by atoms with Crippen molar-refractivity contribution >= 4 is 5.91 Å². The van der Waals surface area contributed by atoms with Gasteiger partial charge >= 0.3 is 0 Å². The summed E-state index contributed by atoms with van der Waals surface area (Å²) in [5.41, 5.74) is 0. The Morgan fingerprint density at radius 1 is 1.73 bits per heavy atom. The molecule has 1 aliphatic heterocycles. The standard InChI is InChI=1S/C7H11F2NO/c1-2-7(8,9)5-3-4-6(11)10-5/h5H,2-4H2,1H3,(H,10,11). The zero-order valence-electron chi connectivity index (χ0n) is 6.36. The second-order valence-electron chi connectivity index (χ2n) is 2.77. The van der Waals surface area contributed by atoms with E-state index in [1.165, 1.54) is 6.92 Å². The summed E-state index contributed by atoms with van der Waals surface area (Å²) < 4.78 is 25.6. The van der Waals surface area contributed by atoms with Crippen LogP contribution in [0.1, 0.15) is 26.2 Å². The van der Waals surface area contributed by atoms with E-state index in [1.807, 2.05) is 0 Å². The number of rotatable bonds is 2. The van der Waals surface area contributed by atoms with E-state index in [2.05, 4.69) is 5.32 Å². The van der Waals surface area contributed by atoms with Crippen molar-refractivity contribution in [2.24, 2.45) is 0 Å². The maximum Gasteiger partial charge on any atom is 0.267 e. The second kappa shape index (κ2) is 2.75. The average Bonchev–Trinajstić information content (AvgIpc) is 2.36. The molecule has 0 bridgehead atoms. The quantitative estimate of drug-likeness (QED) is 0.653. The summed E-state index contributed by atoms with van der Waals surface area (Å²) in [4.78, 5) is 10.6. The largest absolute Gasteiger partial charge is 0.347 e. The molecule has 0 spiro atoms. The van der Waals surface area contributed by atoms with Crippen LogP contribution < -0.4 is 5.32 Å². The van der Waals surface area contributed by atoms with Gasteiger partial charge in [-0.1, -0.05) is 6.92 Å². The first kappa shape index (κ1) is 8.43. The molecule has 0 radical (unpaired) electrons. The Labute approximate surface area is 64.0 Å². The Hall–Kier alpha value is -0.670. The van der Waals surface area contributed by atoms with Gasteiger partial charge in [0.2, 0.25) is 5.91 Å². The molecular formula is C7H11F2NO. The van der Waals surface area contributed by atoms with Crippen LogP contribution in [0, 0.1) is 0 Å². The summed E-state index contributed by atoms with van der Waals surface area (Å²) in [6, 6.07) is -0.931. The van der Waals surface area contributed by atoms with E-state index < -0.39 is 12.0 Å². The molecule has 1 amide bonds. The lowest BCUT2D eigenvalue weighted by molar-refractivity contribution is -0.121. The molecule has 0 aliphatic carbocycles. The molecule has 0 aromatic heterocycles. The zero-order chi connectivity index (χ0) is 8.48. The van der Waals surface area contributed by atoms with Gasteiger partial charge in [0.15, 0.2) is 0 Å². The van der Waals surface area contributed by atoms with Gasteiger partial charge in [-0.05, 0) is 6.42 Å². The number of nitrogens with one attached hydrogen (secondary N) is 1. The number of halogens is 2. The van der Waals surface area contributed by atoms with Crippen LogP contribution in [0.15, 0.2) is 0 Å². The highest BCUT2D eigenvalue weighted by molar-refractivity contribution is 5.78. The van der Waals surface area contributed by atoms with Crippen LogP contribution in [0.5, 0.6) is 0 Å². The third-order valence-corrected chi connectivity index (χ3v) is 1.98. The Morgan fingerprint density at radius 3 is 2.73 bits per heavy atom. The van der Waals surface area contributed by atoms with Crippen LogP contribution in [-0.2, 0) is 4.79 Å². The molecule has 4 heteroatoms. The summed E-state index contributed by atoms with van der Waals surface area (Å²) in [6.07, 6.45) is 0.290. The summed E-state index contributed by atoms with van der Waals surface area (Å²) in [5.74, 6) is -2.99. The van der Waals surface area contributed by atoms with Gasteiger partial charge in [-0.25, -0.2) is 8.78 Å². The Morgan fingerprint density at radius 2 is 2.36 bits per heavy atom. The fourth-order valence-electron chi connectivity index (χ4n) is 1.18. The van der Waals surface area contributed by atoms with Crippen LogP contribution in [0.3, 0.4) is 0 Å². The first-order valence-electron chi connectivity index (χ1n) is 3.73. The van der Waals surface area contributed by atoms with E-state index in [0.717, 1.165) is 0 Å². The molecule has 1 rings (SSSR count). The van der Waals surface area contributed by atoms with E-state index in [1.54, 1.807) is 0 Å². The fraction of sp³-hybridized carbons (Fsp3) is 0.857. The lowest BCUT2D eigenvalue weighted by atomic mass is 10.1. The highest BCUT2D eigenvalue weighted by atomic mass is 19.3. The Kier molecular flexibility index (Phi) is 2.11. The predicted octanol–water partition coefficient (Wildman–Crippen LogP) is 1.31. The highest BCUT2D eigenvalue weighted by Gasteiger charge is 2.41. The monoisotopic (exact) mass is 163 g/mol. The Bertz CT molecular complexity index is 170. The lowest BCUT2D eigenvalue weighted by Crippen LogP contribution is -2.41. The molecule has 11 heavy (non-hydrogen) atoms. The number of alkyl halides is 2. The molecule has 2 nitrogen and oxygen atoms in total. The molecule has 0 saturated carbocycles. The number of amides is 1. The van der Waals surface area contributed by atoms with Crippen LogP contribution >= 0.6 is 0 Å². The number of hydrogen-bond acceptors (Lipinski definition) is 1. The van der Waals surface area contributed by atoms with Gasteiger partial charge in [0.1, 0.15) is 0 Å². The van der Waals surface area contributed by atoms with E-state index in [-0.39, 0.29) is 25.2 Å². The molecular weight excluding hydrogens is 152 g/mol. The maximum atomic E-state index is 12.8. The summed E-state index contributed by atoms with van der Waals surface area (Å²) in [5, 5.41) is 2.26. The van der Waals surface area contributed by atoms with Crippen LogP contribution in [0.25, 0.3) is 0 Å². The smallest absolute Gasteiger partial charge is 0.267 e. The van der Waals surface area contributed by atoms with Crippen molar-refractivity contribution in [3.63, 3.8) is 0 Å². The van der Waals surface area contributed by atoms with Gasteiger partial charge in [0, 0.05) is 12.8 Å². The van der Waals surface area contributed by atoms with E-state index in [0.29, 0.717) is 0 Å². The lowest BCUT2D eigenvalue weighted by Gasteiger charge is -2.20. The molecule has 1 unspecified atom stereocenters. The zero-order valence-corrected chi connectivity index (χ0v) is 6.36. The molecule has 1 N–H and O–H groups in total. The van der Waals surface area contributed by atoms with Crippen molar-refractivity contribution in [3.8, 4) is 0 Å². The number of hydrogen-bond donors (Lipinski definition) is 1. The molecule has 0 aromatic rings. The molecule has 1 fully saturated rings. The SMILES string of the molecule is CCC(F)(F)C1CCC(=O)N1. The summed E-state index contributed by atoms with van der Waals surface area (Å²) >= 11 is 0. The first-order valence-corrected chi connectivity index (χ1v) is 3.73. The van der Waals surface area contributed by atoms with E-state index >= 15 is 0 Å². The number of carbonyl (C=O) groups is 1. The van der Waals surface area contributed by atoms with Crippen molar-refractivity contribution in [2.45, 2.75) is 38.2 Å². The van der Waals surface area contributed by atoms with Gasteiger partial charge in [0.25, 0.3) is 5.92 Å². The number of carbonyl (C=O) groups excluding carboxylic acids is 1. The molecule has 64 valence electrons. The molecule has 1 saturated heterocycles. The van der Waals surface area contributed by atoms with Gasteiger partial charge in [-0.15, -0.1) is 0 Å². The minimum atomic E-state index is -2.73. The molecule has 0 aromatic carbocycles. The van der Waals surface area contributed by atoms with Gasteiger partial charge in [0.05, 0.1) is 6.04 Å². The van der Waals surface area contributed by atoms with Crippen molar-refractivity contribution < 1.29 is 13.6 Å². The third-order valence-electron chi connectivity index (χ3n) is 1.98. The fourth-order valence-corrected chi connectivity index (χ4v) is 1.18. The van der Waals surface area contributed by atoms with E-state index in [9.17, 15) is 13.6 Å². The van der Waals surface area contributed by atoms with Gasteiger partial charge in [-0.2, -0.15) is 0 Å². The predicted molar refractivity (Wildman–Crippen MR) is 36.4 cm³/mol. The topological polar surface area (TPSA) is 29.1 Å². The second-order valence-corrected chi connectivity index (χ2v) is 2.77. The minimum absolute atomic E-state index is 0.210. The van der Waals surface area contributed by atoms with Gasteiger partial charge < -0.3 is 5.32 Å². The molecule has 1 atom stereocenters. The summed E-state index contributed by atoms with van der Waals surface area (Å²) in [6.45, 7) is 1.42. The summed E-state index contributed by atoms with van der Waals surface area (Å²) in [7, 11) is 0.